The van der Waals surface area contributed by atoms with Gasteiger partial charge in [0.25, 0.3) is 10.1 Å². The Morgan fingerprint density at radius 2 is 1.62 bits per heavy atom. The zero-order valence-electron chi connectivity index (χ0n) is 7.44. The summed E-state index contributed by atoms with van der Waals surface area (Å²) in [6, 6.07) is 6.50. The summed E-state index contributed by atoms with van der Waals surface area (Å²) < 4.78 is 26.5. The minimum atomic E-state index is -3.51. The maximum atomic E-state index is 11.1. The third-order valence-electron chi connectivity index (χ3n) is 1.53. The molecule has 0 fully saturated rings. The van der Waals surface area contributed by atoms with E-state index in [1.165, 1.54) is 12.1 Å². The van der Waals surface area contributed by atoms with E-state index >= 15 is 0 Å². The van der Waals surface area contributed by atoms with Crippen molar-refractivity contribution < 1.29 is 18.1 Å². The smallest absolute Gasteiger partial charge is 0.296 e. The van der Waals surface area contributed by atoms with Gasteiger partial charge in [0.15, 0.2) is 0 Å². The molecular formula is C8H12O4S. The van der Waals surface area contributed by atoms with Crippen LogP contribution in [0, 0.1) is 6.92 Å². The van der Waals surface area contributed by atoms with Gasteiger partial charge in [-0.15, -0.1) is 0 Å². The van der Waals surface area contributed by atoms with Crippen molar-refractivity contribution in [2.75, 3.05) is 7.11 Å². The van der Waals surface area contributed by atoms with E-state index in [4.69, 9.17) is 0 Å². The number of rotatable bonds is 2. The summed E-state index contributed by atoms with van der Waals surface area (Å²) in [5, 5.41) is 0. The summed E-state index contributed by atoms with van der Waals surface area (Å²) in [5.74, 6) is 0. The Labute approximate surface area is 77.6 Å². The van der Waals surface area contributed by atoms with E-state index in [0.29, 0.717) is 0 Å². The molecule has 0 unspecified atom stereocenters. The Morgan fingerprint density at radius 3 is 2.00 bits per heavy atom. The molecule has 0 bridgehead atoms. The molecule has 2 N–H and O–H groups in total. The second-order valence-corrected chi connectivity index (χ2v) is 4.15. The highest BCUT2D eigenvalue weighted by Gasteiger charge is 2.10. The monoisotopic (exact) mass is 204 g/mol. The van der Waals surface area contributed by atoms with Gasteiger partial charge in [0.1, 0.15) is 0 Å². The molecule has 4 nitrogen and oxygen atoms in total. The highest BCUT2D eigenvalue weighted by Crippen LogP contribution is 2.11. The molecule has 0 saturated heterocycles. The van der Waals surface area contributed by atoms with Crippen LogP contribution in [0.4, 0.5) is 0 Å². The Hall–Kier alpha value is -0.910. The van der Waals surface area contributed by atoms with Crippen molar-refractivity contribution in [2.45, 2.75) is 11.8 Å². The van der Waals surface area contributed by atoms with Crippen molar-refractivity contribution >= 4 is 10.1 Å². The molecule has 1 rings (SSSR count). The SMILES string of the molecule is COS(=O)(=O)c1ccc(C)cc1.O. The van der Waals surface area contributed by atoms with E-state index in [-0.39, 0.29) is 10.4 Å². The van der Waals surface area contributed by atoms with Gasteiger partial charge in [-0.25, -0.2) is 0 Å². The molecule has 0 amide bonds. The second-order valence-electron chi connectivity index (χ2n) is 2.43. The van der Waals surface area contributed by atoms with E-state index in [1.807, 2.05) is 6.92 Å². The van der Waals surface area contributed by atoms with Crippen molar-refractivity contribution in [3.63, 3.8) is 0 Å². The van der Waals surface area contributed by atoms with E-state index in [2.05, 4.69) is 4.18 Å². The lowest BCUT2D eigenvalue weighted by molar-refractivity contribution is 0.398. The van der Waals surface area contributed by atoms with Crippen molar-refractivity contribution in [3.05, 3.63) is 29.8 Å². The molecule has 5 heteroatoms. The molecule has 0 aliphatic carbocycles. The maximum Gasteiger partial charge on any atom is 0.296 e. The van der Waals surface area contributed by atoms with Gasteiger partial charge in [0, 0.05) is 0 Å². The van der Waals surface area contributed by atoms with E-state index in [1.54, 1.807) is 12.1 Å². The first-order valence-corrected chi connectivity index (χ1v) is 4.84. The summed E-state index contributed by atoms with van der Waals surface area (Å²) in [6.07, 6.45) is 0. The molecule has 1 aromatic rings. The van der Waals surface area contributed by atoms with Crippen LogP contribution in [0.15, 0.2) is 29.2 Å². The van der Waals surface area contributed by atoms with Gasteiger partial charge in [-0.3, -0.25) is 4.18 Å². The average Bonchev–Trinajstić information content (AvgIpc) is 2.05. The van der Waals surface area contributed by atoms with Crippen LogP contribution in [0.3, 0.4) is 0 Å². The Bertz CT molecular complexity index is 352. The van der Waals surface area contributed by atoms with Crippen molar-refractivity contribution in [2.24, 2.45) is 0 Å². The summed E-state index contributed by atoms with van der Waals surface area (Å²) in [4.78, 5) is 0.190. The first-order chi connectivity index (χ1) is 5.56. The molecular weight excluding hydrogens is 192 g/mol. The molecule has 13 heavy (non-hydrogen) atoms. The van der Waals surface area contributed by atoms with Crippen LogP contribution in [-0.4, -0.2) is 21.0 Å². The third-order valence-corrected chi connectivity index (χ3v) is 2.82. The molecule has 0 spiro atoms. The summed E-state index contributed by atoms with van der Waals surface area (Å²) >= 11 is 0. The fraction of sp³-hybridized carbons (Fsp3) is 0.250. The van der Waals surface area contributed by atoms with Crippen molar-refractivity contribution in [3.8, 4) is 0 Å². The van der Waals surface area contributed by atoms with Gasteiger partial charge in [-0.05, 0) is 19.1 Å². The molecule has 0 atom stereocenters. The highest BCUT2D eigenvalue weighted by molar-refractivity contribution is 7.86. The molecule has 74 valence electrons. The molecule has 0 aliphatic rings. The van der Waals surface area contributed by atoms with Gasteiger partial charge < -0.3 is 5.48 Å². The van der Waals surface area contributed by atoms with Crippen LogP contribution >= 0.6 is 0 Å². The predicted molar refractivity (Wildman–Crippen MR) is 49.0 cm³/mol. The third kappa shape index (κ3) is 2.80. The molecule has 1 aromatic carbocycles. The van der Waals surface area contributed by atoms with E-state index < -0.39 is 10.1 Å². The Kier molecular flexibility index (Phi) is 4.06. The van der Waals surface area contributed by atoms with Crippen LogP contribution in [0.2, 0.25) is 0 Å². The lowest BCUT2D eigenvalue weighted by Gasteiger charge is -2.00. The second kappa shape index (κ2) is 4.36. The van der Waals surface area contributed by atoms with Gasteiger partial charge in [0.05, 0.1) is 12.0 Å². The zero-order chi connectivity index (χ0) is 9.19. The lowest BCUT2D eigenvalue weighted by atomic mass is 10.2. The minimum absolute atomic E-state index is 0. The minimum Gasteiger partial charge on any atom is -0.412 e. The Morgan fingerprint density at radius 1 is 1.15 bits per heavy atom. The largest absolute Gasteiger partial charge is 0.412 e. The molecule has 0 radical (unpaired) electrons. The van der Waals surface area contributed by atoms with E-state index in [9.17, 15) is 8.42 Å². The first kappa shape index (κ1) is 12.1. The van der Waals surface area contributed by atoms with Gasteiger partial charge in [-0.2, -0.15) is 8.42 Å². The molecule has 0 aliphatic heterocycles. The van der Waals surface area contributed by atoms with Crippen LogP contribution in [-0.2, 0) is 14.3 Å². The zero-order valence-corrected chi connectivity index (χ0v) is 8.26. The fourth-order valence-electron chi connectivity index (χ4n) is 0.801. The topological polar surface area (TPSA) is 74.9 Å². The number of benzene rings is 1. The first-order valence-electron chi connectivity index (χ1n) is 3.43. The summed E-state index contributed by atoms with van der Waals surface area (Å²) in [7, 11) is -2.37. The lowest BCUT2D eigenvalue weighted by Crippen LogP contribution is -2.02. The Balaban J connectivity index is 0.00000144. The van der Waals surface area contributed by atoms with Crippen LogP contribution in [0.1, 0.15) is 5.56 Å². The van der Waals surface area contributed by atoms with Gasteiger partial charge >= 0.3 is 0 Å². The van der Waals surface area contributed by atoms with Crippen molar-refractivity contribution in [1.29, 1.82) is 0 Å². The molecule has 0 saturated carbocycles. The number of hydrogen-bond donors (Lipinski definition) is 0. The highest BCUT2D eigenvalue weighted by atomic mass is 32.2. The summed E-state index contributed by atoms with van der Waals surface area (Å²) in [6.45, 7) is 1.89. The quantitative estimate of drug-likeness (QED) is 0.658. The maximum absolute atomic E-state index is 11.1. The van der Waals surface area contributed by atoms with Crippen LogP contribution < -0.4 is 0 Å². The van der Waals surface area contributed by atoms with Gasteiger partial charge in [-0.1, -0.05) is 17.7 Å². The number of aryl methyl sites for hydroxylation is 1. The standard InChI is InChI=1S/C8H10O3S.H2O/c1-7-3-5-8(6-4-7)12(9,10)11-2;/h3-6H,1-2H3;1H2. The molecule has 0 aromatic heterocycles. The normalized spacial score (nSPS) is 10.6. The van der Waals surface area contributed by atoms with Crippen LogP contribution in [0.5, 0.6) is 0 Å². The van der Waals surface area contributed by atoms with Crippen molar-refractivity contribution in [1.82, 2.24) is 0 Å². The fourth-order valence-corrected chi connectivity index (χ4v) is 1.46. The van der Waals surface area contributed by atoms with Gasteiger partial charge in [0.2, 0.25) is 0 Å². The number of hydrogen-bond acceptors (Lipinski definition) is 3. The summed E-state index contributed by atoms with van der Waals surface area (Å²) in [5.41, 5.74) is 1.02. The average molecular weight is 204 g/mol. The predicted octanol–water partition coefficient (Wildman–Crippen LogP) is 0.505. The van der Waals surface area contributed by atoms with E-state index in [0.717, 1.165) is 12.7 Å². The molecule has 0 heterocycles. The van der Waals surface area contributed by atoms with Crippen LogP contribution in [0.25, 0.3) is 0 Å².